The summed E-state index contributed by atoms with van der Waals surface area (Å²) in [6.45, 7) is 0. The second-order valence-corrected chi connectivity index (χ2v) is 5.40. The van der Waals surface area contributed by atoms with E-state index in [0.717, 1.165) is 12.0 Å². The molecule has 104 valence electrons. The predicted molar refractivity (Wildman–Crippen MR) is 89.8 cm³/mol. The summed E-state index contributed by atoms with van der Waals surface area (Å²) in [4.78, 5) is 0. The summed E-state index contributed by atoms with van der Waals surface area (Å²) in [5, 5.41) is 12.4. The fourth-order valence-corrected chi connectivity index (χ4v) is 2.59. The van der Waals surface area contributed by atoms with Crippen molar-refractivity contribution in [3.63, 3.8) is 0 Å². The lowest BCUT2D eigenvalue weighted by Gasteiger charge is -2.02. The lowest BCUT2D eigenvalue weighted by atomic mass is 10.1. The van der Waals surface area contributed by atoms with Crippen LogP contribution in [-0.2, 0) is 6.42 Å². The van der Waals surface area contributed by atoms with Gasteiger partial charge < -0.3 is 5.11 Å². The van der Waals surface area contributed by atoms with Gasteiger partial charge in [-0.25, -0.2) is 0 Å². The lowest BCUT2D eigenvalue weighted by Crippen LogP contribution is -1.82. The lowest BCUT2D eigenvalue weighted by molar-refractivity contribution is 0.475. The van der Waals surface area contributed by atoms with E-state index < -0.39 is 0 Å². The molecule has 0 unspecified atom stereocenters. The Hall–Kier alpha value is -2.25. The molecule has 0 saturated carbocycles. The zero-order valence-electron chi connectivity index (χ0n) is 11.5. The molecule has 0 bridgehead atoms. The van der Waals surface area contributed by atoms with E-state index in [1.165, 1.54) is 16.3 Å². The average Bonchev–Trinajstić information content (AvgIpc) is 2.49. The van der Waals surface area contributed by atoms with Crippen LogP contribution in [0.4, 0.5) is 0 Å². The van der Waals surface area contributed by atoms with E-state index in [1.807, 2.05) is 18.2 Å². The topological polar surface area (TPSA) is 20.2 Å². The number of benzene rings is 3. The van der Waals surface area contributed by atoms with Crippen molar-refractivity contribution < 1.29 is 5.11 Å². The van der Waals surface area contributed by atoms with E-state index in [4.69, 9.17) is 11.6 Å². The van der Waals surface area contributed by atoms with Gasteiger partial charge in [0.2, 0.25) is 0 Å². The van der Waals surface area contributed by atoms with Gasteiger partial charge in [0.1, 0.15) is 5.75 Å². The van der Waals surface area contributed by atoms with E-state index >= 15 is 0 Å². The number of hydrogen-bond donors (Lipinski definition) is 1. The Kier molecular flexibility index (Phi) is 3.94. The van der Waals surface area contributed by atoms with Crippen LogP contribution < -0.4 is 0 Å². The first kappa shape index (κ1) is 13.7. The molecule has 2 heteroatoms. The Balaban J connectivity index is 1.78. The summed E-state index contributed by atoms with van der Waals surface area (Å²) >= 11 is 6.10. The second-order valence-electron chi connectivity index (χ2n) is 4.99. The first-order valence-corrected chi connectivity index (χ1v) is 7.23. The van der Waals surface area contributed by atoms with Crippen LogP contribution in [-0.4, -0.2) is 5.11 Å². The molecule has 3 aromatic carbocycles. The van der Waals surface area contributed by atoms with Gasteiger partial charge in [0.15, 0.2) is 0 Å². The Morgan fingerprint density at radius 1 is 0.905 bits per heavy atom. The van der Waals surface area contributed by atoms with Crippen molar-refractivity contribution in [2.45, 2.75) is 6.42 Å². The molecular weight excluding hydrogens is 280 g/mol. The molecule has 0 aromatic heterocycles. The van der Waals surface area contributed by atoms with Crippen molar-refractivity contribution >= 4 is 28.4 Å². The van der Waals surface area contributed by atoms with Crippen molar-refractivity contribution in [1.82, 2.24) is 0 Å². The molecule has 0 fully saturated rings. The van der Waals surface area contributed by atoms with Gasteiger partial charge in [-0.2, -0.15) is 0 Å². The van der Waals surface area contributed by atoms with Crippen LogP contribution in [0, 0.1) is 0 Å². The summed E-state index contributed by atoms with van der Waals surface area (Å²) in [6, 6.07) is 19.8. The second kappa shape index (κ2) is 6.02. The van der Waals surface area contributed by atoms with Gasteiger partial charge in [-0.05, 0) is 46.5 Å². The maximum Gasteiger partial charge on any atom is 0.117 e. The number of fused-ring (bicyclic) bond motifs is 1. The molecule has 3 rings (SSSR count). The fraction of sp³-hybridized carbons (Fsp3) is 0.0526. The van der Waals surface area contributed by atoms with E-state index in [9.17, 15) is 5.11 Å². The maximum atomic E-state index is 9.34. The third kappa shape index (κ3) is 3.26. The Bertz CT molecular complexity index is 806. The highest BCUT2D eigenvalue weighted by Crippen LogP contribution is 2.22. The summed E-state index contributed by atoms with van der Waals surface area (Å²) in [7, 11) is 0. The number of halogens is 1. The van der Waals surface area contributed by atoms with Gasteiger partial charge in [-0.15, -0.1) is 0 Å². The molecule has 0 spiro atoms. The number of rotatable bonds is 3. The standard InChI is InChI=1S/C19H15ClO/c20-19-13-18(21)11-10-16(19)7-3-4-14-8-9-15-5-1-2-6-17(15)12-14/h1-6,8-13,21H,7H2. The van der Waals surface area contributed by atoms with Gasteiger partial charge >= 0.3 is 0 Å². The predicted octanol–water partition coefficient (Wildman–Crippen LogP) is 5.45. The van der Waals surface area contributed by atoms with Crippen molar-refractivity contribution in [2.24, 2.45) is 0 Å². The number of allylic oxidation sites excluding steroid dienone is 1. The average molecular weight is 295 g/mol. The molecule has 0 atom stereocenters. The first-order valence-electron chi connectivity index (χ1n) is 6.85. The van der Waals surface area contributed by atoms with E-state index in [2.05, 4.69) is 42.5 Å². The van der Waals surface area contributed by atoms with Gasteiger partial charge in [0.05, 0.1) is 0 Å². The van der Waals surface area contributed by atoms with Gasteiger partial charge in [-0.1, -0.05) is 66.2 Å². The monoisotopic (exact) mass is 294 g/mol. The zero-order chi connectivity index (χ0) is 14.7. The SMILES string of the molecule is Oc1ccc(CC=Cc2ccc3ccccc3c2)c(Cl)c1. The van der Waals surface area contributed by atoms with Crippen LogP contribution in [0.1, 0.15) is 11.1 Å². The Labute approximate surface area is 129 Å². The molecule has 3 aromatic rings. The molecule has 0 amide bonds. The summed E-state index contributed by atoms with van der Waals surface area (Å²) in [5.41, 5.74) is 2.18. The Morgan fingerprint density at radius 3 is 2.52 bits per heavy atom. The third-order valence-electron chi connectivity index (χ3n) is 3.46. The smallest absolute Gasteiger partial charge is 0.117 e. The largest absolute Gasteiger partial charge is 0.508 e. The minimum atomic E-state index is 0.197. The maximum absolute atomic E-state index is 9.34. The van der Waals surface area contributed by atoms with Crippen LogP contribution in [0.15, 0.2) is 66.7 Å². The molecule has 21 heavy (non-hydrogen) atoms. The summed E-state index contributed by atoms with van der Waals surface area (Å²) < 4.78 is 0. The minimum Gasteiger partial charge on any atom is -0.508 e. The number of hydrogen-bond acceptors (Lipinski definition) is 1. The Morgan fingerprint density at radius 2 is 1.71 bits per heavy atom. The van der Waals surface area contributed by atoms with Gasteiger partial charge in [0, 0.05) is 5.02 Å². The van der Waals surface area contributed by atoms with Crippen LogP contribution >= 0.6 is 11.6 Å². The van der Waals surface area contributed by atoms with Crippen molar-refractivity contribution in [1.29, 1.82) is 0 Å². The molecule has 0 radical (unpaired) electrons. The molecule has 0 aliphatic rings. The number of phenolic OH excluding ortho intramolecular Hbond substituents is 1. The third-order valence-corrected chi connectivity index (χ3v) is 3.81. The zero-order valence-corrected chi connectivity index (χ0v) is 12.2. The minimum absolute atomic E-state index is 0.197. The van der Waals surface area contributed by atoms with Crippen LogP contribution in [0.3, 0.4) is 0 Å². The van der Waals surface area contributed by atoms with Crippen molar-refractivity contribution in [3.05, 3.63) is 82.9 Å². The van der Waals surface area contributed by atoms with Crippen molar-refractivity contribution in [3.8, 4) is 5.75 Å². The summed E-state index contributed by atoms with van der Waals surface area (Å²) in [5.74, 6) is 0.197. The van der Waals surface area contributed by atoms with Crippen LogP contribution in [0.25, 0.3) is 16.8 Å². The fourth-order valence-electron chi connectivity index (χ4n) is 2.34. The molecule has 0 aliphatic heterocycles. The number of phenols is 1. The van der Waals surface area contributed by atoms with E-state index in [-0.39, 0.29) is 5.75 Å². The molecule has 0 heterocycles. The van der Waals surface area contributed by atoms with Crippen LogP contribution in [0.2, 0.25) is 5.02 Å². The summed E-state index contributed by atoms with van der Waals surface area (Å²) in [6.07, 6.45) is 4.92. The first-order chi connectivity index (χ1) is 10.2. The quantitative estimate of drug-likeness (QED) is 0.680. The van der Waals surface area contributed by atoms with Crippen LogP contribution in [0.5, 0.6) is 5.75 Å². The van der Waals surface area contributed by atoms with Crippen molar-refractivity contribution in [2.75, 3.05) is 0 Å². The number of aromatic hydroxyl groups is 1. The van der Waals surface area contributed by atoms with Gasteiger partial charge in [-0.3, -0.25) is 0 Å². The normalized spacial score (nSPS) is 11.3. The van der Waals surface area contributed by atoms with Gasteiger partial charge in [0.25, 0.3) is 0 Å². The molecule has 0 aliphatic carbocycles. The molecule has 1 nitrogen and oxygen atoms in total. The molecule has 1 N–H and O–H groups in total. The molecular formula is C19H15ClO. The van der Waals surface area contributed by atoms with E-state index in [1.54, 1.807) is 12.1 Å². The highest BCUT2D eigenvalue weighted by molar-refractivity contribution is 6.31. The highest BCUT2D eigenvalue weighted by Gasteiger charge is 1.99. The van der Waals surface area contributed by atoms with E-state index in [0.29, 0.717) is 5.02 Å². The molecule has 0 saturated heterocycles. The highest BCUT2D eigenvalue weighted by atomic mass is 35.5.